The van der Waals surface area contributed by atoms with E-state index in [9.17, 15) is 0 Å². The lowest BCUT2D eigenvalue weighted by molar-refractivity contribution is 0.533. The first kappa shape index (κ1) is 6.29. The van der Waals surface area contributed by atoms with Crippen LogP contribution in [0.1, 0.15) is 19.5 Å². The number of aromatic nitrogens is 2. The van der Waals surface area contributed by atoms with Gasteiger partial charge in [0.25, 0.3) is 0 Å². The Morgan fingerprint density at radius 2 is 2.33 bits per heavy atom. The van der Waals surface area contributed by atoms with Gasteiger partial charge in [-0.05, 0) is 19.9 Å². The lowest BCUT2D eigenvalue weighted by Crippen LogP contribution is -2.28. The molecule has 1 heterocycles. The molecule has 0 unspecified atom stereocenters. The molecule has 1 aromatic heterocycles. The number of nitrogens with two attached hydrogens (primary N) is 1. The van der Waals surface area contributed by atoms with Crippen molar-refractivity contribution in [2.24, 2.45) is 5.73 Å². The first-order valence-electron chi connectivity index (χ1n) is 2.89. The summed E-state index contributed by atoms with van der Waals surface area (Å²) in [4.78, 5) is 0. The van der Waals surface area contributed by atoms with Crippen molar-refractivity contribution in [2.75, 3.05) is 0 Å². The Morgan fingerprint density at radius 1 is 1.67 bits per heavy atom. The second-order valence-electron chi connectivity index (χ2n) is 2.69. The summed E-state index contributed by atoms with van der Waals surface area (Å²) in [6.45, 7) is 3.86. The average Bonchev–Trinajstić information content (AvgIpc) is 2.08. The van der Waals surface area contributed by atoms with Crippen molar-refractivity contribution in [1.29, 1.82) is 0 Å². The van der Waals surface area contributed by atoms with Crippen molar-refractivity contribution in [3.63, 3.8) is 0 Å². The Hall–Kier alpha value is -0.830. The van der Waals surface area contributed by atoms with Gasteiger partial charge in [-0.15, -0.1) is 0 Å². The number of hydrogen-bond acceptors (Lipinski definition) is 2. The second kappa shape index (κ2) is 1.84. The van der Waals surface area contributed by atoms with E-state index in [0.29, 0.717) is 0 Å². The highest BCUT2D eigenvalue weighted by molar-refractivity contribution is 5.08. The fraction of sp³-hybridized carbons (Fsp3) is 0.500. The molecule has 3 heteroatoms. The number of rotatable bonds is 1. The summed E-state index contributed by atoms with van der Waals surface area (Å²) < 4.78 is 0. The highest BCUT2D eigenvalue weighted by Crippen LogP contribution is 2.11. The van der Waals surface area contributed by atoms with Gasteiger partial charge >= 0.3 is 0 Å². The third kappa shape index (κ3) is 1.29. The highest BCUT2D eigenvalue weighted by Gasteiger charge is 2.14. The molecule has 3 N–H and O–H groups in total. The van der Waals surface area contributed by atoms with Crippen LogP contribution in [0.5, 0.6) is 0 Å². The number of aromatic amines is 1. The van der Waals surface area contributed by atoms with Crippen molar-refractivity contribution in [1.82, 2.24) is 10.2 Å². The van der Waals surface area contributed by atoms with Crippen molar-refractivity contribution < 1.29 is 0 Å². The SMILES string of the molecule is CC(C)(N)c1ccn[nH]1. The maximum Gasteiger partial charge on any atom is 0.0545 e. The van der Waals surface area contributed by atoms with Crippen LogP contribution in [-0.4, -0.2) is 10.2 Å². The van der Waals surface area contributed by atoms with Crippen LogP contribution in [0.25, 0.3) is 0 Å². The molecule has 50 valence electrons. The molecule has 0 aliphatic heterocycles. The molecule has 3 nitrogen and oxygen atoms in total. The average molecular weight is 125 g/mol. The molecular weight excluding hydrogens is 114 g/mol. The maximum atomic E-state index is 5.73. The Morgan fingerprint density at radius 3 is 2.56 bits per heavy atom. The molecule has 9 heavy (non-hydrogen) atoms. The Kier molecular flexibility index (Phi) is 1.29. The van der Waals surface area contributed by atoms with Crippen molar-refractivity contribution >= 4 is 0 Å². The first-order chi connectivity index (χ1) is 4.11. The van der Waals surface area contributed by atoms with E-state index in [1.807, 2.05) is 19.9 Å². The molecule has 0 spiro atoms. The van der Waals surface area contributed by atoms with Crippen LogP contribution in [0.3, 0.4) is 0 Å². The summed E-state index contributed by atoms with van der Waals surface area (Å²) >= 11 is 0. The van der Waals surface area contributed by atoms with Crippen LogP contribution in [0, 0.1) is 0 Å². The second-order valence-corrected chi connectivity index (χ2v) is 2.69. The van der Waals surface area contributed by atoms with E-state index in [1.54, 1.807) is 6.20 Å². The maximum absolute atomic E-state index is 5.73. The topological polar surface area (TPSA) is 54.7 Å². The number of nitrogens with zero attached hydrogens (tertiary/aromatic N) is 1. The number of hydrogen-bond donors (Lipinski definition) is 2. The van der Waals surface area contributed by atoms with Gasteiger partial charge in [-0.2, -0.15) is 5.10 Å². The molecule has 0 bridgehead atoms. The molecule has 0 aliphatic carbocycles. The smallest absolute Gasteiger partial charge is 0.0545 e. The molecule has 0 saturated heterocycles. The van der Waals surface area contributed by atoms with Crippen LogP contribution in [0.4, 0.5) is 0 Å². The van der Waals surface area contributed by atoms with Gasteiger partial charge < -0.3 is 5.73 Å². The van der Waals surface area contributed by atoms with Crippen LogP contribution in [0.15, 0.2) is 12.3 Å². The van der Waals surface area contributed by atoms with Crippen LogP contribution in [-0.2, 0) is 5.54 Å². The molecule has 0 saturated carbocycles. The van der Waals surface area contributed by atoms with Crippen molar-refractivity contribution in [2.45, 2.75) is 19.4 Å². The lowest BCUT2D eigenvalue weighted by atomic mass is 10.0. The standard InChI is InChI=1S/C6H11N3/c1-6(2,7)5-3-4-8-9-5/h3-4H,7H2,1-2H3,(H,8,9). The summed E-state index contributed by atoms with van der Waals surface area (Å²) in [5.74, 6) is 0. The molecule has 0 aromatic carbocycles. The fourth-order valence-corrected chi connectivity index (χ4v) is 0.615. The molecular formula is C6H11N3. The van der Waals surface area contributed by atoms with E-state index in [-0.39, 0.29) is 5.54 Å². The van der Waals surface area contributed by atoms with Gasteiger partial charge in [-0.25, -0.2) is 0 Å². The third-order valence-electron chi connectivity index (χ3n) is 1.19. The monoisotopic (exact) mass is 125 g/mol. The molecule has 0 radical (unpaired) electrons. The Balaban J connectivity index is 2.90. The zero-order chi connectivity index (χ0) is 6.91. The summed E-state index contributed by atoms with van der Waals surface area (Å²) in [5, 5.41) is 6.59. The van der Waals surface area contributed by atoms with Gasteiger partial charge in [0.05, 0.1) is 11.2 Å². The normalized spacial score (nSPS) is 11.9. The quantitative estimate of drug-likeness (QED) is 0.577. The van der Waals surface area contributed by atoms with E-state index in [0.717, 1.165) is 5.69 Å². The van der Waals surface area contributed by atoms with Gasteiger partial charge in [-0.3, -0.25) is 5.10 Å². The number of H-pyrrole nitrogens is 1. The van der Waals surface area contributed by atoms with Gasteiger partial charge in [0.1, 0.15) is 0 Å². The van der Waals surface area contributed by atoms with Crippen LogP contribution in [0.2, 0.25) is 0 Å². The van der Waals surface area contributed by atoms with Crippen molar-refractivity contribution in [3.05, 3.63) is 18.0 Å². The largest absolute Gasteiger partial charge is 0.321 e. The molecule has 1 aromatic rings. The van der Waals surface area contributed by atoms with Crippen molar-refractivity contribution in [3.8, 4) is 0 Å². The van der Waals surface area contributed by atoms with Gasteiger partial charge in [-0.1, -0.05) is 0 Å². The van der Waals surface area contributed by atoms with Gasteiger partial charge in [0, 0.05) is 6.20 Å². The predicted molar refractivity (Wildman–Crippen MR) is 35.8 cm³/mol. The van der Waals surface area contributed by atoms with Gasteiger partial charge in [0.2, 0.25) is 0 Å². The minimum atomic E-state index is -0.295. The summed E-state index contributed by atoms with van der Waals surface area (Å²) in [6, 6.07) is 1.88. The molecule has 0 atom stereocenters. The summed E-state index contributed by atoms with van der Waals surface area (Å²) in [6.07, 6.45) is 1.70. The van der Waals surface area contributed by atoms with E-state index in [4.69, 9.17) is 5.73 Å². The van der Waals surface area contributed by atoms with E-state index >= 15 is 0 Å². The lowest BCUT2D eigenvalue weighted by Gasteiger charge is -2.14. The Labute approximate surface area is 54.3 Å². The molecule has 0 amide bonds. The van der Waals surface area contributed by atoms with Crippen LogP contribution >= 0.6 is 0 Å². The highest BCUT2D eigenvalue weighted by atomic mass is 15.1. The summed E-state index contributed by atoms with van der Waals surface area (Å²) in [7, 11) is 0. The Bertz CT molecular complexity index is 171. The molecule has 0 aliphatic rings. The summed E-state index contributed by atoms with van der Waals surface area (Å²) in [5.41, 5.74) is 6.40. The minimum Gasteiger partial charge on any atom is -0.321 e. The third-order valence-corrected chi connectivity index (χ3v) is 1.19. The minimum absolute atomic E-state index is 0.295. The first-order valence-corrected chi connectivity index (χ1v) is 2.89. The van der Waals surface area contributed by atoms with E-state index < -0.39 is 0 Å². The van der Waals surface area contributed by atoms with Crippen LogP contribution < -0.4 is 5.73 Å². The molecule has 1 rings (SSSR count). The fourth-order valence-electron chi connectivity index (χ4n) is 0.615. The van der Waals surface area contributed by atoms with E-state index in [2.05, 4.69) is 10.2 Å². The number of nitrogens with one attached hydrogen (secondary N) is 1. The molecule has 0 fully saturated rings. The predicted octanol–water partition coefficient (Wildman–Crippen LogP) is 0.604. The van der Waals surface area contributed by atoms with E-state index in [1.165, 1.54) is 0 Å². The zero-order valence-electron chi connectivity index (χ0n) is 5.68. The van der Waals surface area contributed by atoms with Gasteiger partial charge in [0.15, 0.2) is 0 Å². The zero-order valence-corrected chi connectivity index (χ0v) is 5.68.